The first-order valence-corrected chi connectivity index (χ1v) is 8.13. The van der Waals surface area contributed by atoms with E-state index in [2.05, 4.69) is 57.0 Å². The number of aromatic nitrogens is 2. The molecule has 4 rings (SSSR count). The highest BCUT2D eigenvalue weighted by Crippen LogP contribution is 2.25. The van der Waals surface area contributed by atoms with Crippen LogP contribution in [0.3, 0.4) is 0 Å². The van der Waals surface area contributed by atoms with Crippen molar-refractivity contribution in [1.29, 1.82) is 0 Å². The second-order valence-corrected chi connectivity index (χ2v) is 6.08. The maximum atomic E-state index is 5.45. The summed E-state index contributed by atoms with van der Waals surface area (Å²) in [5.74, 6) is 0. The average molecular weight is 307 g/mol. The summed E-state index contributed by atoms with van der Waals surface area (Å²) < 4.78 is 7.69. The number of benzene rings is 1. The molecule has 0 unspecified atom stereocenters. The molecule has 4 nitrogen and oxygen atoms in total. The minimum Gasteiger partial charge on any atom is -0.379 e. The molecular weight excluding hydrogens is 286 g/mol. The molecule has 3 aromatic rings. The highest BCUT2D eigenvalue weighted by Gasteiger charge is 2.13. The first-order valence-electron chi connectivity index (χ1n) is 8.13. The van der Waals surface area contributed by atoms with Crippen LogP contribution >= 0.6 is 0 Å². The summed E-state index contributed by atoms with van der Waals surface area (Å²) in [5.41, 5.74) is 4.83. The molecule has 1 aliphatic rings. The Labute approximate surface area is 136 Å². The van der Waals surface area contributed by atoms with Gasteiger partial charge in [-0.15, -0.1) is 0 Å². The third-order valence-electron chi connectivity index (χ3n) is 4.48. The van der Waals surface area contributed by atoms with E-state index in [0.717, 1.165) is 44.2 Å². The SMILES string of the molecule is Cc1cc(-n2ccc3c(CN4CCOCC4)cccc32)ccn1. The first kappa shape index (κ1) is 14.4. The van der Waals surface area contributed by atoms with Crippen LogP contribution in [0.25, 0.3) is 16.6 Å². The number of morpholine rings is 1. The number of rotatable bonds is 3. The predicted molar refractivity (Wildman–Crippen MR) is 91.9 cm³/mol. The van der Waals surface area contributed by atoms with Crippen molar-refractivity contribution in [2.24, 2.45) is 0 Å². The molecule has 3 heterocycles. The number of fused-ring (bicyclic) bond motifs is 1. The van der Waals surface area contributed by atoms with Crippen LogP contribution in [0.15, 0.2) is 48.8 Å². The van der Waals surface area contributed by atoms with Crippen LogP contribution in [0, 0.1) is 6.92 Å². The Morgan fingerprint density at radius 1 is 1.13 bits per heavy atom. The lowest BCUT2D eigenvalue weighted by atomic mass is 10.1. The maximum absolute atomic E-state index is 5.45. The fourth-order valence-electron chi connectivity index (χ4n) is 3.27. The zero-order valence-electron chi connectivity index (χ0n) is 13.4. The van der Waals surface area contributed by atoms with Gasteiger partial charge in [-0.25, -0.2) is 0 Å². The number of hydrogen-bond acceptors (Lipinski definition) is 3. The Morgan fingerprint density at radius 3 is 2.83 bits per heavy atom. The van der Waals surface area contributed by atoms with Gasteiger partial charge in [-0.1, -0.05) is 12.1 Å². The summed E-state index contributed by atoms with van der Waals surface area (Å²) in [7, 11) is 0. The van der Waals surface area contributed by atoms with Gasteiger partial charge in [-0.2, -0.15) is 0 Å². The van der Waals surface area contributed by atoms with Gasteiger partial charge in [0.1, 0.15) is 0 Å². The smallest absolute Gasteiger partial charge is 0.0594 e. The highest BCUT2D eigenvalue weighted by molar-refractivity contribution is 5.85. The van der Waals surface area contributed by atoms with Crippen molar-refractivity contribution in [2.45, 2.75) is 13.5 Å². The summed E-state index contributed by atoms with van der Waals surface area (Å²) in [6.07, 6.45) is 4.02. The normalized spacial score (nSPS) is 16.0. The van der Waals surface area contributed by atoms with E-state index in [4.69, 9.17) is 4.74 Å². The molecule has 1 saturated heterocycles. The second kappa shape index (κ2) is 6.14. The minimum absolute atomic E-state index is 0.841. The van der Waals surface area contributed by atoms with Gasteiger partial charge in [0.05, 0.1) is 18.7 Å². The van der Waals surface area contributed by atoms with E-state index >= 15 is 0 Å². The fourth-order valence-corrected chi connectivity index (χ4v) is 3.27. The van der Waals surface area contributed by atoms with E-state index in [1.165, 1.54) is 16.5 Å². The lowest BCUT2D eigenvalue weighted by Gasteiger charge is -2.26. The Bertz CT molecular complexity index is 818. The molecule has 23 heavy (non-hydrogen) atoms. The molecule has 0 saturated carbocycles. The number of hydrogen-bond donors (Lipinski definition) is 0. The first-order chi connectivity index (χ1) is 11.3. The van der Waals surface area contributed by atoms with Gasteiger partial charge >= 0.3 is 0 Å². The molecule has 1 aromatic carbocycles. The summed E-state index contributed by atoms with van der Waals surface area (Å²) in [4.78, 5) is 6.76. The Balaban J connectivity index is 1.71. The van der Waals surface area contributed by atoms with Crippen LogP contribution in [0.1, 0.15) is 11.3 Å². The molecule has 0 amide bonds. The summed E-state index contributed by atoms with van der Waals surface area (Å²) in [5, 5.41) is 1.33. The topological polar surface area (TPSA) is 30.3 Å². The van der Waals surface area contributed by atoms with Crippen molar-refractivity contribution in [3.8, 4) is 5.69 Å². The second-order valence-electron chi connectivity index (χ2n) is 6.08. The highest BCUT2D eigenvalue weighted by atomic mass is 16.5. The monoisotopic (exact) mass is 307 g/mol. The zero-order chi connectivity index (χ0) is 15.6. The Kier molecular flexibility index (Phi) is 3.85. The molecule has 0 spiro atoms. The van der Waals surface area contributed by atoms with Crippen molar-refractivity contribution in [1.82, 2.24) is 14.5 Å². The Morgan fingerprint density at radius 2 is 2.00 bits per heavy atom. The number of aryl methyl sites for hydroxylation is 1. The van der Waals surface area contributed by atoms with E-state index in [-0.39, 0.29) is 0 Å². The molecule has 4 heteroatoms. The molecule has 118 valence electrons. The van der Waals surface area contributed by atoms with Crippen LogP contribution in [0.5, 0.6) is 0 Å². The van der Waals surface area contributed by atoms with Gasteiger partial charge in [-0.3, -0.25) is 9.88 Å². The van der Waals surface area contributed by atoms with Crippen molar-refractivity contribution >= 4 is 10.9 Å². The molecule has 1 fully saturated rings. The molecule has 0 radical (unpaired) electrons. The fraction of sp³-hybridized carbons (Fsp3) is 0.316. The molecule has 0 aliphatic carbocycles. The van der Waals surface area contributed by atoms with Gasteiger partial charge in [-0.05, 0) is 36.8 Å². The Hall–Kier alpha value is -2.17. The van der Waals surface area contributed by atoms with Crippen LogP contribution in [0.4, 0.5) is 0 Å². The molecule has 0 N–H and O–H groups in total. The lowest BCUT2D eigenvalue weighted by molar-refractivity contribution is 0.0344. The summed E-state index contributed by atoms with van der Waals surface area (Å²) in [6, 6.07) is 13.0. The van der Waals surface area contributed by atoms with Crippen LogP contribution < -0.4 is 0 Å². The number of ether oxygens (including phenoxy) is 1. The van der Waals surface area contributed by atoms with E-state index in [9.17, 15) is 0 Å². The number of pyridine rings is 1. The van der Waals surface area contributed by atoms with Crippen LogP contribution in [-0.2, 0) is 11.3 Å². The quantitative estimate of drug-likeness (QED) is 0.744. The van der Waals surface area contributed by atoms with Gasteiger partial charge < -0.3 is 9.30 Å². The van der Waals surface area contributed by atoms with E-state index in [1.807, 2.05) is 13.1 Å². The maximum Gasteiger partial charge on any atom is 0.0594 e. The number of nitrogens with zero attached hydrogens (tertiary/aromatic N) is 3. The van der Waals surface area contributed by atoms with Crippen LogP contribution in [0.2, 0.25) is 0 Å². The largest absolute Gasteiger partial charge is 0.379 e. The molecular formula is C19H21N3O. The van der Waals surface area contributed by atoms with Gasteiger partial charge in [0.2, 0.25) is 0 Å². The molecule has 0 atom stereocenters. The summed E-state index contributed by atoms with van der Waals surface area (Å²) in [6.45, 7) is 6.72. The minimum atomic E-state index is 0.841. The van der Waals surface area contributed by atoms with Crippen molar-refractivity contribution in [3.05, 3.63) is 60.0 Å². The van der Waals surface area contributed by atoms with Gasteiger partial charge in [0.15, 0.2) is 0 Å². The van der Waals surface area contributed by atoms with E-state index in [0.29, 0.717) is 0 Å². The van der Waals surface area contributed by atoms with E-state index < -0.39 is 0 Å². The van der Waals surface area contributed by atoms with E-state index in [1.54, 1.807) is 0 Å². The van der Waals surface area contributed by atoms with Crippen LogP contribution in [-0.4, -0.2) is 40.8 Å². The van der Waals surface area contributed by atoms with Gasteiger partial charge in [0.25, 0.3) is 0 Å². The zero-order valence-corrected chi connectivity index (χ0v) is 13.4. The predicted octanol–water partition coefficient (Wildman–Crippen LogP) is 3.17. The summed E-state index contributed by atoms with van der Waals surface area (Å²) >= 11 is 0. The lowest BCUT2D eigenvalue weighted by Crippen LogP contribution is -2.35. The van der Waals surface area contributed by atoms with Crippen molar-refractivity contribution in [2.75, 3.05) is 26.3 Å². The standard InChI is InChI=1S/C19H21N3O/c1-15-13-17(5-7-20-15)22-8-6-18-16(3-2-4-19(18)22)14-21-9-11-23-12-10-21/h2-8,13H,9-12,14H2,1H3. The molecule has 1 aliphatic heterocycles. The third-order valence-corrected chi connectivity index (χ3v) is 4.48. The molecule has 2 aromatic heterocycles. The van der Waals surface area contributed by atoms with Gasteiger partial charge in [0, 0.05) is 48.8 Å². The van der Waals surface area contributed by atoms with Crippen molar-refractivity contribution in [3.63, 3.8) is 0 Å². The third kappa shape index (κ3) is 2.87. The molecule has 0 bridgehead atoms. The average Bonchev–Trinajstić information content (AvgIpc) is 3.01. The van der Waals surface area contributed by atoms with Crippen molar-refractivity contribution < 1.29 is 4.74 Å².